The van der Waals surface area contributed by atoms with Gasteiger partial charge in [0.05, 0.1) is 0 Å². The Balaban J connectivity index is 2.42. The van der Waals surface area contributed by atoms with Crippen LogP contribution in [0.25, 0.3) is 0 Å². The molecular weight excluding hydrogens is 230 g/mol. The van der Waals surface area contributed by atoms with Crippen molar-refractivity contribution in [2.24, 2.45) is 0 Å². The molecule has 1 fully saturated rings. The van der Waals surface area contributed by atoms with E-state index in [0.29, 0.717) is 6.54 Å². The zero-order valence-corrected chi connectivity index (χ0v) is 11.7. The van der Waals surface area contributed by atoms with Gasteiger partial charge in [-0.3, -0.25) is 4.79 Å². The van der Waals surface area contributed by atoms with E-state index in [2.05, 4.69) is 17.6 Å². The predicted molar refractivity (Wildman–Crippen MR) is 71.3 cm³/mol. The maximum Gasteiger partial charge on any atom is 0.315 e. The Bertz CT molecular complexity index is 294. The molecule has 3 amide bonds. The molecule has 1 aliphatic rings. The first-order chi connectivity index (χ1) is 8.56. The fourth-order valence-corrected chi connectivity index (χ4v) is 2.22. The van der Waals surface area contributed by atoms with Gasteiger partial charge in [-0.25, -0.2) is 4.79 Å². The lowest BCUT2D eigenvalue weighted by Crippen LogP contribution is -2.53. The molecule has 1 heterocycles. The largest absolute Gasteiger partial charge is 0.338 e. The molecule has 5 heteroatoms. The van der Waals surface area contributed by atoms with Gasteiger partial charge in [-0.2, -0.15) is 0 Å². The van der Waals surface area contributed by atoms with E-state index in [0.717, 1.165) is 25.8 Å². The second-order valence-corrected chi connectivity index (χ2v) is 5.00. The first kappa shape index (κ1) is 14.8. The maximum absolute atomic E-state index is 12.2. The summed E-state index contributed by atoms with van der Waals surface area (Å²) in [6, 6.07) is -0.432. The van der Waals surface area contributed by atoms with Crippen LogP contribution in [-0.2, 0) is 4.79 Å². The summed E-state index contributed by atoms with van der Waals surface area (Å²) >= 11 is 0. The number of hydrogen-bond acceptors (Lipinski definition) is 2. The molecule has 1 saturated heterocycles. The highest BCUT2D eigenvalue weighted by molar-refractivity contribution is 5.86. The van der Waals surface area contributed by atoms with Crippen molar-refractivity contribution in [3.05, 3.63) is 0 Å². The smallest absolute Gasteiger partial charge is 0.315 e. The van der Waals surface area contributed by atoms with Gasteiger partial charge in [0.15, 0.2) is 0 Å². The van der Waals surface area contributed by atoms with Crippen LogP contribution in [-0.4, -0.2) is 42.0 Å². The van der Waals surface area contributed by atoms with Gasteiger partial charge in [-0.1, -0.05) is 6.92 Å². The van der Waals surface area contributed by atoms with Crippen LogP contribution in [0, 0.1) is 0 Å². The molecule has 2 atom stereocenters. The Morgan fingerprint density at radius 3 is 2.72 bits per heavy atom. The number of amides is 3. The van der Waals surface area contributed by atoms with Gasteiger partial charge in [0, 0.05) is 19.1 Å². The average molecular weight is 255 g/mol. The van der Waals surface area contributed by atoms with Crippen molar-refractivity contribution >= 4 is 11.9 Å². The number of likely N-dealkylation sites (tertiary alicyclic amines) is 1. The molecule has 18 heavy (non-hydrogen) atoms. The minimum absolute atomic E-state index is 0.0221. The molecule has 0 spiro atoms. The van der Waals surface area contributed by atoms with Gasteiger partial charge in [0.2, 0.25) is 5.91 Å². The quantitative estimate of drug-likeness (QED) is 0.799. The van der Waals surface area contributed by atoms with Gasteiger partial charge >= 0.3 is 6.03 Å². The van der Waals surface area contributed by atoms with Gasteiger partial charge < -0.3 is 15.5 Å². The van der Waals surface area contributed by atoms with Crippen molar-refractivity contribution in [3.8, 4) is 0 Å². The van der Waals surface area contributed by atoms with E-state index in [1.54, 1.807) is 6.92 Å². The van der Waals surface area contributed by atoms with Crippen molar-refractivity contribution in [1.29, 1.82) is 0 Å². The van der Waals surface area contributed by atoms with Crippen LogP contribution in [0.1, 0.15) is 46.5 Å². The molecule has 0 aromatic carbocycles. The summed E-state index contributed by atoms with van der Waals surface area (Å²) in [7, 11) is 0. The number of nitrogens with zero attached hydrogens (tertiary/aromatic N) is 1. The molecule has 1 rings (SSSR count). The van der Waals surface area contributed by atoms with E-state index in [9.17, 15) is 9.59 Å². The fourth-order valence-electron chi connectivity index (χ4n) is 2.22. The van der Waals surface area contributed by atoms with Crippen LogP contribution in [0.5, 0.6) is 0 Å². The van der Waals surface area contributed by atoms with E-state index < -0.39 is 6.04 Å². The Labute approximate surface area is 109 Å². The number of hydrogen-bond donors (Lipinski definition) is 2. The van der Waals surface area contributed by atoms with E-state index in [1.165, 1.54) is 6.42 Å². The third-order valence-corrected chi connectivity index (χ3v) is 3.34. The third-order valence-electron chi connectivity index (χ3n) is 3.34. The lowest BCUT2D eigenvalue weighted by atomic mass is 10.0. The topological polar surface area (TPSA) is 61.4 Å². The number of urea groups is 1. The highest BCUT2D eigenvalue weighted by atomic mass is 16.2. The van der Waals surface area contributed by atoms with Gasteiger partial charge in [0.25, 0.3) is 0 Å². The van der Waals surface area contributed by atoms with Crippen molar-refractivity contribution in [1.82, 2.24) is 15.5 Å². The number of nitrogens with one attached hydrogen (secondary N) is 2. The van der Waals surface area contributed by atoms with Crippen molar-refractivity contribution in [2.75, 3.05) is 13.1 Å². The second kappa shape index (κ2) is 7.24. The number of carbonyl (C=O) groups excluding carboxylic acids is 2. The van der Waals surface area contributed by atoms with Crippen LogP contribution >= 0.6 is 0 Å². The summed E-state index contributed by atoms with van der Waals surface area (Å²) in [5, 5.41) is 5.40. The van der Waals surface area contributed by atoms with E-state index in [1.807, 2.05) is 11.8 Å². The number of rotatable bonds is 4. The first-order valence-electron chi connectivity index (χ1n) is 6.91. The monoisotopic (exact) mass is 255 g/mol. The molecule has 0 aliphatic carbocycles. The standard InChI is InChI=1S/C13H25N3O2/c1-4-8-14-13(18)15-11(3)12(17)16-9-6-5-7-10(16)2/h10-11H,4-9H2,1-3H3,(H2,14,15,18)/t10-,11-/m1/s1. The summed E-state index contributed by atoms with van der Waals surface area (Å²) in [5.41, 5.74) is 0. The summed E-state index contributed by atoms with van der Waals surface area (Å²) in [4.78, 5) is 25.6. The summed E-state index contributed by atoms with van der Waals surface area (Å²) in [6.45, 7) is 7.25. The summed E-state index contributed by atoms with van der Waals surface area (Å²) in [6.07, 6.45) is 4.19. The normalized spacial score (nSPS) is 21.3. The molecule has 0 aromatic rings. The summed E-state index contributed by atoms with van der Waals surface area (Å²) < 4.78 is 0. The maximum atomic E-state index is 12.2. The molecule has 0 aromatic heterocycles. The van der Waals surface area contributed by atoms with Crippen LogP contribution in [0.2, 0.25) is 0 Å². The lowest BCUT2D eigenvalue weighted by Gasteiger charge is -2.35. The molecule has 0 bridgehead atoms. The fraction of sp³-hybridized carbons (Fsp3) is 0.846. The highest BCUT2D eigenvalue weighted by Crippen LogP contribution is 2.17. The van der Waals surface area contributed by atoms with Gasteiger partial charge in [-0.05, 0) is 39.5 Å². The van der Waals surface area contributed by atoms with E-state index >= 15 is 0 Å². The number of carbonyl (C=O) groups is 2. The third kappa shape index (κ3) is 4.20. The first-order valence-corrected chi connectivity index (χ1v) is 6.91. The average Bonchev–Trinajstić information content (AvgIpc) is 2.36. The van der Waals surface area contributed by atoms with E-state index in [4.69, 9.17) is 0 Å². The lowest BCUT2D eigenvalue weighted by molar-refractivity contribution is -0.136. The Morgan fingerprint density at radius 2 is 2.11 bits per heavy atom. The van der Waals surface area contributed by atoms with Crippen LogP contribution in [0.4, 0.5) is 4.79 Å². The molecule has 2 N–H and O–H groups in total. The zero-order chi connectivity index (χ0) is 13.5. The zero-order valence-electron chi connectivity index (χ0n) is 11.7. The minimum Gasteiger partial charge on any atom is -0.338 e. The second-order valence-electron chi connectivity index (χ2n) is 5.00. The molecule has 1 aliphatic heterocycles. The minimum atomic E-state index is -0.456. The van der Waals surface area contributed by atoms with Crippen molar-refractivity contribution < 1.29 is 9.59 Å². The molecular formula is C13H25N3O2. The van der Waals surface area contributed by atoms with Crippen LogP contribution in [0.15, 0.2) is 0 Å². The SMILES string of the molecule is CCCNC(=O)N[C@H](C)C(=O)N1CCCC[C@H]1C. The Kier molecular flexibility index (Phi) is 5.95. The Hall–Kier alpha value is -1.26. The van der Waals surface area contributed by atoms with Gasteiger partial charge in [-0.15, -0.1) is 0 Å². The molecule has 104 valence electrons. The van der Waals surface area contributed by atoms with Crippen LogP contribution in [0.3, 0.4) is 0 Å². The van der Waals surface area contributed by atoms with Crippen molar-refractivity contribution in [2.45, 2.75) is 58.5 Å². The molecule has 0 radical (unpaired) electrons. The van der Waals surface area contributed by atoms with Gasteiger partial charge in [0.1, 0.15) is 6.04 Å². The van der Waals surface area contributed by atoms with E-state index in [-0.39, 0.29) is 18.0 Å². The highest BCUT2D eigenvalue weighted by Gasteiger charge is 2.27. The predicted octanol–water partition coefficient (Wildman–Crippen LogP) is 1.49. The Morgan fingerprint density at radius 1 is 1.39 bits per heavy atom. The molecule has 0 saturated carbocycles. The molecule has 5 nitrogen and oxygen atoms in total. The van der Waals surface area contributed by atoms with Crippen molar-refractivity contribution in [3.63, 3.8) is 0 Å². The number of piperidine rings is 1. The molecule has 0 unspecified atom stereocenters. The van der Waals surface area contributed by atoms with Crippen LogP contribution < -0.4 is 10.6 Å². The summed E-state index contributed by atoms with van der Waals surface area (Å²) in [5.74, 6) is 0.0221.